The van der Waals surface area contributed by atoms with Gasteiger partial charge in [-0.15, -0.1) is 11.6 Å². The Morgan fingerprint density at radius 2 is 2.25 bits per heavy atom. The van der Waals surface area contributed by atoms with E-state index in [1.165, 1.54) is 6.92 Å². The fourth-order valence-electron chi connectivity index (χ4n) is 1.20. The summed E-state index contributed by atoms with van der Waals surface area (Å²) in [5, 5.41) is 12.9. The minimum Gasteiger partial charge on any atom is -0.319 e. The molecule has 0 spiro atoms. The number of nitro groups is 1. The van der Waals surface area contributed by atoms with Gasteiger partial charge in [-0.05, 0) is 18.6 Å². The second-order valence-corrected chi connectivity index (χ2v) is 3.32. The van der Waals surface area contributed by atoms with Crippen molar-refractivity contribution in [1.82, 2.24) is 0 Å². The summed E-state index contributed by atoms with van der Waals surface area (Å²) in [7, 11) is 0. The van der Waals surface area contributed by atoms with Crippen molar-refractivity contribution in [1.29, 1.82) is 0 Å². The summed E-state index contributed by atoms with van der Waals surface area (Å²) in [5.74, 6) is -1.64. The predicted octanol–water partition coefficient (Wildman–Crippen LogP) is 2.22. The normalized spacial score (nSPS) is 9.94. The monoisotopic (exact) mass is 246 g/mol. The lowest BCUT2D eigenvalue weighted by atomic mass is 10.1. The molecule has 0 atom stereocenters. The molecule has 1 N–H and O–H groups in total. The lowest BCUT2D eigenvalue weighted by Crippen LogP contribution is -2.15. The van der Waals surface area contributed by atoms with Crippen LogP contribution in [0.1, 0.15) is 5.56 Å². The van der Waals surface area contributed by atoms with Crippen molar-refractivity contribution in [3.8, 4) is 0 Å². The molecule has 7 heteroatoms. The minimum absolute atomic E-state index is 0.0305. The molecule has 0 heterocycles. The van der Waals surface area contributed by atoms with Gasteiger partial charge in [0, 0.05) is 0 Å². The summed E-state index contributed by atoms with van der Waals surface area (Å²) in [6, 6.07) is 1.84. The van der Waals surface area contributed by atoms with Gasteiger partial charge in [0.1, 0.15) is 17.4 Å². The number of hydrogen-bond acceptors (Lipinski definition) is 3. The van der Waals surface area contributed by atoms with Gasteiger partial charge in [0.2, 0.25) is 5.91 Å². The van der Waals surface area contributed by atoms with Crippen molar-refractivity contribution in [3.05, 3.63) is 33.6 Å². The van der Waals surface area contributed by atoms with E-state index < -0.39 is 22.3 Å². The largest absolute Gasteiger partial charge is 0.319 e. The van der Waals surface area contributed by atoms with Crippen LogP contribution in [0, 0.1) is 22.9 Å². The Bertz CT molecular complexity index is 451. The molecule has 1 rings (SSSR count). The number of nitrogens with zero attached hydrogens (tertiary/aromatic N) is 1. The topological polar surface area (TPSA) is 72.2 Å². The standard InChI is InChI=1S/C9H8ClFN2O3/c1-5-2-6(11)3-7(13(15)16)9(5)12-8(14)4-10/h2-3H,4H2,1H3,(H,12,14). The van der Waals surface area contributed by atoms with Crippen LogP contribution in [-0.4, -0.2) is 16.7 Å². The highest BCUT2D eigenvalue weighted by Crippen LogP contribution is 2.29. The number of aryl methyl sites for hydroxylation is 1. The summed E-state index contributed by atoms with van der Waals surface area (Å²) < 4.78 is 12.9. The van der Waals surface area contributed by atoms with Crippen molar-refractivity contribution in [2.24, 2.45) is 0 Å². The molecule has 0 saturated heterocycles. The molecule has 0 saturated carbocycles. The third-order valence-electron chi connectivity index (χ3n) is 1.86. The Balaban J connectivity index is 3.24. The maximum atomic E-state index is 12.9. The number of benzene rings is 1. The number of nitrogens with one attached hydrogen (secondary N) is 1. The highest BCUT2D eigenvalue weighted by molar-refractivity contribution is 6.29. The summed E-state index contributed by atoms with van der Waals surface area (Å²) in [6.45, 7) is 1.46. The molecule has 0 radical (unpaired) electrons. The second kappa shape index (κ2) is 4.89. The maximum absolute atomic E-state index is 12.9. The van der Waals surface area contributed by atoms with Gasteiger partial charge in [0.25, 0.3) is 5.69 Å². The molecule has 5 nitrogen and oxygen atoms in total. The molecule has 86 valence electrons. The summed E-state index contributed by atoms with van der Waals surface area (Å²) in [5.41, 5.74) is -0.252. The van der Waals surface area contributed by atoms with Gasteiger partial charge in [-0.2, -0.15) is 0 Å². The van der Waals surface area contributed by atoms with Crippen LogP contribution < -0.4 is 5.32 Å². The van der Waals surface area contributed by atoms with E-state index in [2.05, 4.69) is 5.32 Å². The van der Waals surface area contributed by atoms with Crippen molar-refractivity contribution >= 4 is 28.9 Å². The Labute approximate surface area is 95.4 Å². The van der Waals surface area contributed by atoms with Gasteiger partial charge in [-0.1, -0.05) is 0 Å². The minimum atomic E-state index is -0.764. The van der Waals surface area contributed by atoms with Crippen LogP contribution in [-0.2, 0) is 4.79 Å². The van der Waals surface area contributed by atoms with E-state index in [-0.39, 0.29) is 17.1 Å². The SMILES string of the molecule is Cc1cc(F)cc([N+](=O)[O-])c1NC(=O)CCl. The van der Waals surface area contributed by atoms with E-state index in [9.17, 15) is 19.3 Å². The molecule has 1 aromatic carbocycles. The molecule has 0 unspecified atom stereocenters. The average Bonchev–Trinajstić information content (AvgIpc) is 2.20. The smallest absolute Gasteiger partial charge is 0.295 e. The van der Waals surface area contributed by atoms with Crippen LogP contribution in [0.25, 0.3) is 0 Å². The molecular weight excluding hydrogens is 239 g/mol. The quantitative estimate of drug-likeness (QED) is 0.505. The molecule has 1 amide bonds. The number of carbonyl (C=O) groups is 1. The third-order valence-corrected chi connectivity index (χ3v) is 2.10. The Morgan fingerprint density at radius 3 is 2.75 bits per heavy atom. The molecule has 0 fully saturated rings. The van der Waals surface area contributed by atoms with Crippen molar-refractivity contribution < 1.29 is 14.1 Å². The van der Waals surface area contributed by atoms with Crippen LogP contribution in [0.4, 0.5) is 15.8 Å². The van der Waals surface area contributed by atoms with Gasteiger partial charge < -0.3 is 5.32 Å². The van der Waals surface area contributed by atoms with Crippen LogP contribution in [0.15, 0.2) is 12.1 Å². The number of nitro benzene ring substituents is 1. The third kappa shape index (κ3) is 2.66. The number of anilines is 1. The summed E-state index contributed by atoms with van der Waals surface area (Å²) in [4.78, 5) is 20.9. The number of carbonyl (C=O) groups excluding carboxylic acids is 1. The molecule has 0 bridgehead atoms. The zero-order chi connectivity index (χ0) is 12.3. The Morgan fingerprint density at radius 1 is 1.62 bits per heavy atom. The first kappa shape index (κ1) is 12.4. The van der Waals surface area contributed by atoms with Gasteiger partial charge in [0.05, 0.1) is 11.0 Å². The molecular formula is C9H8ClFN2O3. The molecule has 16 heavy (non-hydrogen) atoms. The molecule has 0 aromatic heterocycles. The predicted molar refractivity (Wildman–Crippen MR) is 57.1 cm³/mol. The van der Waals surface area contributed by atoms with E-state index in [1.807, 2.05) is 0 Å². The first-order chi connectivity index (χ1) is 7.45. The Hall–Kier alpha value is -1.69. The van der Waals surface area contributed by atoms with Gasteiger partial charge in [0.15, 0.2) is 0 Å². The summed E-state index contributed by atoms with van der Waals surface area (Å²) in [6.07, 6.45) is 0. The van der Waals surface area contributed by atoms with E-state index in [0.29, 0.717) is 0 Å². The highest BCUT2D eigenvalue weighted by Gasteiger charge is 2.19. The van der Waals surface area contributed by atoms with Crippen LogP contribution in [0.5, 0.6) is 0 Å². The van der Waals surface area contributed by atoms with Gasteiger partial charge >= 0.3 is 0 Å². The van der Waals surface area contributed by atoms with E-state index in [4.69, 9.17) is 11.6 Å². The van der Waals surface area contributed by atoms with Crippen molar-refractivity contribution in [2.45, 2.75) is 6.92 Å². The lowest BCUT2D eigenvalue weighted by Gasteiger charge is -2.07. The fraction of sp³-hybridized carbons (Fsp3) is 0.222. The van der Waals surface area contributed by atoms with Crippen LogP contribution in [0.2, 0.25) is 0 Å². The van der Waals surface area contributed by atoms with Crippen molar-refractivity contribution in [2.75, 3.05) is 11.2 Å². The van der Waals surface area contributed by atoms with Crippen molar-refractivity contribution in [3.63, 3.8) is 0 Å². The summed E-state index contributed by atoms with van der Waals surface area (Å²) >= 11 is 5.26. The first-order valence-corrected chi connectivity index (χ1v) is 4.79. The number of rotatable bonds is 3. The van der Waals surface area contributed by atoms with Crippen LogP contribution in [0.3, 0.4) is 0 Å². The molecule has 0 aliphatic carbocycles. The second-order valence-electron chi connectivity index (χ2n) is 3.06. The molecule has 1 aromatic rings. The van der Waals surface area contributed by atoms with Gasteiger partial charge in [-0.25, -0.2) is 4.39 Å². The van der Waals surface area contributed by atoms with E-state index >= 15 is 0 Å². The van der Waals surface area contributed by atoms with Crippen LogP contribution >= 0.6 is 11.6 Å². The number of hydrogen-bond donors (Lipinski definition) is 1. The van der Waals surface area contributed by atoms with E-state index in [0.717, 1.165) is 12.1 Å². The maximum Gasteiger partial charge on any atom is 0.295 e. The molecule has 0 aliphatic heterocycles. The Kier molecular flexibility index (Phi) is 3.78. The average molecular weight is 247 g/mol. The van der Waals surface area contributed by atoms with Gasteiger partial charge in [-0.3, -0.25) is 14.9 Å². The highest BCUT2D eigenvalue weighted by atomic mass is 35.5. The first-order valence-electron chi connectivity index (χ1n) is 4.26. The van der Waals surface area contributed by atoms with E-state index in [1.54, 1.807) is 0 Å². The fourth-order valence-corrected chi connectivity index (χ4v) is 1.27. The zero-order valence-corrected chi connectivity index (χ0v) is 9.05. The zero-order valence-electron chi connectivity index (χ0n) is 8.29. The number of alkyl halides is 1. The number of halogens is 2. The number of amides is 1. The lowest BCUT2D eigenvalue weighted by molar-refractivity contribution is -0.384. The molecule has 0 aliphatic rings.